The largest absolute Gasteiger partial charge is 0.311 e. The van der Waals surface area contributed by atoms with Crippen LogP contribution in [0.2, 0.25) is 0 Å². The maximum absolute atomic E-state index is 4.71. The summed E-state index contributed by atoms with van der Waals surface area (Å²) in [6, 6.07) is 4.29. The molecule has 0 fully saturated rings. The minimum absolute atomic E-state index is 1.01. The molecular formula is C11H12N2S2. The lowest BCUT2D eigenvalue weighted by Crippen LogP contribution is -2.22. The van der Waals surface area contributed by atoms with Gasteiger partial charge in [-0.2, -0.15) is 0 Å². The SMILES string of the molecule is c1csc(Cc2nc3c(s2)CNCC3)c1. The quantitative estimate of drug-likeness (QED) is 0.866. The Kier molecular flexibility index (Phi) is 2.56. The first-order valence-electron chi connectivity index (χ1n) is 5.12. The van der Waals surface area contributed by atoms with Crippen molar-refractivity contribution in [3.63, 3.8) is 0 Å². The molecular weight excluding hydrogens is 224 g/mol. The Morgan fingerprint density at radius 1 is 1.47 bits per heavy atom. The fraction of sp³-hybridized carbons (Fsp3) is 0.364. The molecule has 0 unspecified atom stereocenters. The lowest BCUT2D eigenvalue weighted by Gasteiger charge is -2.09. The molecule has 78 valence electrons. The fourth-order valence-corrected chi connectivity index (χ4v) is 3.72. The second-order valence-corrected chi connectivity index (χ2v) is 5.86. The number of thiazole rings is 1. The Labute approximate surface area is 97.0 Å². The van der Waals surface area contributed by atoms with E-state index in [1.165, 1.54) is 20.5 Å². The molecule has 0 radical (unpaired) electrons. The maximum atomic E-state index is 4.71. The molecule has 3 heterocycles. The van der Waals surface area contributed by atoms with Crippen LogP contribution < -0.4 is 5.32 Å². The summed E-state index contributed by atoms with van der Waals surface area (Å²) in [5.41, 5.74) is 1.32. The first-order chi connectivity index (χ1) is 7.42. The van der Waals surface area contributed by atoms with E-state index in [2.05, 4.69) is 22.8 Å². The first-order valence-corrected chi connectivity index (χ1v) is 6.82. The molecule has 2 aromatic rings. The number of hydrogen-bond acceptors (Lipinski definition) is 4. The summed E-state index contributed by atoms with van der Waals surface area (Å²) in [7, 11) is 0. The summed E-state index contributed by atoms with van der Waals surface area (Å²) in [5.74, 6) is 0. The number of nitrogens with zero attached hydrogens (tertiary/aromatic N) is 1. The van der Waals surface area contributed by atoms with Gasteiger partial charge in [-0.3, -0.25) is 0 Å². The van der Waals surface area contributed by atoms with Crippen LogP contribution in [0.5, 0.6) is 0 Å². The van der Waals surface area contributed by atoms with Crippen molar-refractivity contribution in [1.82, 2.24) is 10.3 Å². The van der Waals surface area contributed by atoms with Gasteiger partial charge in [0.1, 0.15) is 0 Å². The Balaban J connectivity index is 1.84. The topological polar surface area (TPSA) is 24.9 Å². The third kappa shape index (κ3) is 1.97. The van der Waals surface area contributed by atoms with Crippen LogP contribution in [0.3, 0.4) is 0 Å². The second-order valence-electron chi connectivity index (χ2n) is 3.66. The molecule has 0 aromatic carbocycles. The van der Waals surface area contributed by atoms with Crippen molar-refractivity contribution in [2.75, 3.05) is 6.54 Å². The zero-order valence-electron chi connectivity index (χ0n) is 8.32. The van der Waals surface area contributed by atoms with Gasteiger partial charge in [0.25, 0.3) is 0 Å². The molecule has 15 heavy (non-hydrogen) atoms. The minimum Gasteiger partial charge on any atom is -0.311 e. The molecule has 1 aliphatic heterocycles. The van der Waals surface area contributed by atoms with Gasteiger partial charge in [0, 0.05) is 35.7 Å². The molecule has 4 heteroatoms. The number of nitrogens with one attached hydrogen (secondary N) is 1. The van der Waals surface area contributed by atoms with Crippen molar-refractivity contribution in [2.24, 2.45) is 0 Å². The monoisotopic (exact) mass is 236 g/mol. The number of aromatic nitrogens is 1. The highest BCUT2D eigenvalue weighted by Crippen LogP contribution is 2.24. The first kappa shape index (κ1) is 9.51. The van der Waals surface area contributed by atoms with E-state index in [9.17, 15) is 0 Å². The molecule has 3 rings (SSSR count). The molecule has 0 amide bonds. The van der Waals surface area contributed by atoms with Gasteiger partial charge in [-0.25, -0.2) is 4.98 Å². The van der Waals surface area contributed by atoms with Crippen LogP contribution in [0.25, 0.3) is 0 Å². The summed E-state index contributed by atoms with van der Waals surface area (Å²) in [5, 5.41) is 6.79. The van der Waals surface area contributed by atoms with Crippen LogP contribution in [0.15, 0.2) is 17.5 Å². The van der Waals surface area contributed by atoms with Crippen molar-refractivity contribution in [1.29, 1.82) is 0 Å². The molecule has 0 saturated carbocycles. The highest BCUT2D eigenvalue weighted by molar-refractivity contribution is 7.12. The van der Waals surface area contributed by atoms with Gasteiger partial charge < -0.3 is 5.32 Å². The standard InChI is InChI=1S/C11H12N2S2/c1-2-8(14-5-1)6-11-13-9-3-4-12-7-10(9)15-11/h1-2,5,12H,3-4,6-7H2. The van der Waals surface area contributed by atoms with Crippen LogP contribution in [-0.2, 0) is 19.4 Å². The maximum Gasteiger partial charge on any atom is 0.0983 e. The molecule has 0 spiro atoms. The van der Waals surface area contributed by atoms with Crippen molar-refractivity contribution in [2.45, 2.75) is 19.4 Å². The summed E-state index contributed by atoms with van der Waals surface area (Å²) in [6.45, 7) is 2.09. The van der Waals surface area contributed by atoms with Crippen LogP contribution in [0, 0.1) is 0 Å². The Morgan fingerprint density at radius 3 is 3.27 bits per heavy atom. The van der Waals surface area contributed by atoms with Crippen LogP contribution in [0.1, 0.15) is 20.5 Å². The van der Waals surface area contributed by atoms with E-state index in [4.69, 9.17) is 4.98 Å². The second kappa shape index (κ2) is 4.04. The highest BCUT2D eigenvalue weighted by atomic mass is 32.1. The number of thiophene rings is 1. The molecule has 0 aliphatic carbocycles. The van der Waals surface area contributed by atoms with E-state index in [-0.39, 0.29) is 0 Å². The average molecular weight is 236 g/mol. The van der Waals surface area contributed by atoms with Crippen LogP contribution >= 0.6 is 22.7 Å². The van der Waals surface area contributed by atoms with Gasteiger partial charge in [0.15, 0.2) is 0 Å². The predicted octanol–water partition coefficient (Wildman–Crippen LogP) is 2.44. The molecule has 0 atom stereocenters. The van der Waals surface area contributed by atoms with Crippen LogP contribution in [-0.4, -0.2) is 11.5 Å². The van der Waals surface area contributed by atoms with Gasteiger partial charge >= 0.3 is 0 Å². The van der Waals surface area contributed by atoms with Gasteiger partial charge in [0.05, 0.1) is 10.7 Å². The van der Waals surface area contributed by atoms with Crippen molar-refractivity contribution >= 4 is 22.7 Å². The average Bonchev–Trinajstić information content (AvgIpc) is 2.86. The van der Waals surface area contributed by atoms with E-state index in [1.807, 2.05) is 22.7 Å². The molecule has 1 aliphatic rings. The number of fused-ring (bicyclic) bond motifs is 1. The molecule has 2 nitrogen and oxygen atoms in total. The molecule has 0 bridgehead atoms. The van der Waals surface area contributed by atoms with E-state index in [1.54, 1.807) is 0 Å². The summed E-state index contributed by atoms with van der Waals surface area (Å²) in [4.78, 5) is 7.56. The fourth-order valence-electron chi connectivity index (χ4n) is 1.82. The summed E-state index contributed by atoms with van der Waals surface area (Å²) < 4.78 is 0. The van der Waals surface area contributed by atoms with E-state index in [0.717, 1.165) is 25.9 Å². The predicted molar refractivity (Wildman–Crippen MR) is 64.6 cm³/mol. The van der Waals surface area contributed by atoms with Crippen molar-refractivity contribution in [3.05, 3.63) is 38.0 Å². The molecule has 1 N–H and O–H groups in total. The van der Waals surface area contributed by atoms with E-state index < -0.39 is 0 Å². The Hall–Kier alpha value is -0.710. The van der Waals surface area contributed by atoms with Gasteiger partial charge in [-0.1, -0.05) is 6.07 Å². The highest BCUT2D eigenvalue weighted by Gasteiger charge is 2.14. The minimum atomic E-state index is 1.01. The number of hydrogen-bond donors (Lipinski definition) is 1. The van der Waals surface area contributed by atoms with Crippen LogP contribution in [0.4, 0.5) is 0 Å². The molecule has 0 saturated heterocycles. The van der Waals surface area contributed by atoms with E-state index >= 15 is 0 Å². The lowest BCUT2D eigenvalue weighted by molar-refractivity contribution is 0.643. The normalized spacial score (nSPS) is 15.2. The van der Waals surface area contributed by atoms with Gasteiger partial charge in [0.2, 0.25) is 0 Å². The zero-order chi connectivity index (χ0) is 10.1. The lowest BCUT2D eigenvalue weighted by atomic mass is 10.2. The van der Waals surface area contributed by atoms with Crippen molar-refractivity contribution < 1.29 is 0 Å². The third-order valence-electron chi connectivity index (χ3n) is 2.55. The zero-order valence-corrected chi connectivity index (χ0v) is 9.96. The smallest absolute Gasteiger partial charge is 0.0983 e. The molecule has 2 aromatic heterocycles. The summed E-state index contributed by atoms with van der Waals surface area (Å²) >= 11 is 3.68. The van der Waals surface area contributed by atoms with Crippen molar-refractivity contribution in [3.8, 4) is 0 Å². The third-order valence-corrected chi connectivity index (χ3v) is 4.53. The van der Waals surface area contributed by atoms with Gasteiger partial charge in [-0.05, 0) is 11.4 Å². The van der Waals surface area contributed by atoms with Gasteiger partial charge in [-0.15, -0.1) is 22.7 Å². The Morgan fingerprint density at radius 2 is 2.47 bits per heavy atom. The summed E-state index contributed by atoms with van der Waals surface area (Å²) in [6.07, 6.45) is 2.10. The van der Waals surface area contributed by atoms with E-state index in [0.29, 0.717) is 0 Å². The Bertz CT molecular complexity index is 422. The number of rotatable bonds is 2.